The fourth-order valence-corrected chi connectivity index (χ4v) is 2.35. The molecule has 2 aromatic rings. The van der Waals surface area contributed by atoms with Crippen molar-refractivity contribution in [2.75, 3.05) is 0 Å². The van der Waals surface area contributed by atoms with Crippen molar-refractivity contribution in [3.8, 4) is 11.6 Å². The number of nitrogens with two attached hydrogens (primary N) is 1. The smallest absolute Gasteiger partial charge is 0.224 e. The third kappa shape index (κ3) is 3.42. The second-order valence-electron chi connectivity index (χ2n) is 5.85. The average molecular weight is 284 g/mol. The fraction of sp³-hybridized carbons (Fsp3) is 0.389. The van der Waals surface area contributed by atoms with E-state index in [0.29, 0.717) is 18.3 Å². The van der Waals surface area contributed by atoms with Crippen LogP contribution in [0.2, 0.25) is 0 Å². The van der Waals surface area contributed by atoms with Gasteiger partial charge in [-0.2, -0.15) is 0 Å². The number of aryl methyl sites for hydroxylation is 3. The van der Waals surface area contributed by atoms with Crippen LogP contribution in [0.25, 0.3) is 0 Å². The molecule has 21 heavy (non-hydrogen) atoms. The first-order valence-electron chi connectivity index (χ1n) is 7.38. The van der Waals surface area contributed by atoms with E-state index >= 15 is 0 Å². The van der Waals surface area contributed by atoms with Gasteiger partial charge in [0.1, 0.15) is 5.75 Å². The molecule has 112 valence electrons. The van der Waals surface area contributed by atoms with Crippen molar-refractivity contribution < 1.29 is 4.74 Å². The maximum absolute atomic E-state index is 6.09. The SMILES string of the molecule is Cc1cc(C)c(CN)c(Oc2cc(C(C)C)ccc2C)n1. The summed E-state index contributed by atoms with van der Waals surface area (Å²) in [5.74, 6) is 1.95. The van der Waals surface area contributed by atoms with Crippen LogP contribution in [0, 0.1) is 20.8 Å². The Morgan fingerprint density at radius 3 is 2.43 bits per heavy atom. The minimum Gasteiger partial charge on any atom is -0.438 e. The van der Waals surface area contributed by atoms with Crippen LogP contribution < -0.4 is 10.5 Å². The number of ether oxygens (including phenoxy) is 1. The fourth-order valence-electron chi connectivity index (χ4n) is 2.35. The van der Waals surface area contributed by atoms with E-state index in [4.69, 9.17) is 10.5 Å². The average Bonchev–Trinajstić information content (AvgIpc) is 2.40. The maximum Gasteiger partial charge on any atom is 0.224 e. The summed E-state index contributed by atoms with van der Waals surface area (Å²) in [6.07, 6.45) is 0. The number of hydrogen-bond acceptors (Lipinski definition) is 3. The van der Waals surface area contributed by atoms with E-state index in [0.717, 1.165) is 28.1 Å². The van der Waals surface area contributed by atoms with Gasteiger partial charge in [-0.3, -0.25) is 0 Å². The van der Waals surface area contributed by atoms with Crippen LogP contribution in [0.1, 0.15) is 47.7 Å². The van der Waals surface area contributed by atoms with Gasteiger partial charge < -0.3 is 10.5 Å². The van der Waals surface area contributed by atoms with Crippen LogP contribution in [-0.2, 0) is 6.54 Å². The molecule has 0 atom stereocenters. The summed E-state index contributed by atoms with van der Waals surface area (Å²) in [7, 11) is 0. The van der Waals surface area contributed by atoms with Gasteiger partial charge in [-0.25, -0.2) is 4.98 Å². The molecule has 3 nitrogen and oxygen atoms in total. The highest BCUT2D eigenvalue weighted by Gasteiger charge is 2.12. The molecule has 0 spiro atoms. The zero-order valence-corrected chi connectivity index (χ0v) is 13.5. The Balaban J connectivity index is 2.45. The van der Waals surface area contributed by atoms with Crippen molar-refractivity contribution in [1.29, 1.82) is 0 Å². The van der Waals surface area contributed by atoms with Crippen LogP contribution in [0.3, 0.4) is 0 Å². The van der Waals surface area contributed by atoms with Crippen molar-refractivity contribution in [3.05, 3.63) is 52.2 Å². The Hall–Kier alpha value is -1.87. The van der Waals surface area contributed by atoms with Gasteiger partial charge in [0.2, 0.25) is 5.88 Å². The summed E-state index contributed by atoms with van der Waals surface area (Å²) in [6, 6.07) is 8.37. The number of benzene rings is 1. The third-order valence-corrected chi connectivity index (χ3v) is 3.73. The highest BCUT2D eigenvalue weighted by Crippen LogP contribution is 2.30. The number of aromatic nitrogens is 1. The van der Waals surface area contributed by atoms with E-state index in [9.17, 15) is 0 Å². The maximum atomic E-state index is 6.09. The van der Waals surface area contributed by atoms with E-state index in [2.05, 4.69) is 37.0 Å². The van der Waals surface area contributed by atoms with Gasteiger partial charge in [0.05, 0.1) is 0 Å². The second-order valence-corrected chi connectivity index (χ2v) is 5.85. The van der Waals surface area contributed by atoms with E-state index in [1.54, 1.807) is 0 Å². The molecule has 1 aromatic heterocycles. The van der Waals surface area contributed by atoms with E-state index < -0.39 is 0 Å². The minimum absolute atomic E-state index is 0.428. The summed E-state index contributed by atoms with van der Waals surface area (Å²) in [6.45, 7) is 10.8. The third-order valence-electron chi connectivity index (χ3n) is 3.73. The summed E-state index contributed by atoms with van der Waals surface area (Å²) < 4.78 is 6.09. The van der Waals surface area contributed by atoms with Crippen LogP contribution in [0.5, 0.6) is 11.6 Å². The molecule has 0 saturated carbocycles. The van der Waals surface area contributed by atoms with Crippen molar-refractivity contribution in [1.82, 2.24) is 4.98 Å². The van der Waals surface area contributed by atoms with Crippen LogP contribution in [0.15, 0.2) is 24.3 Å². The first-order valence-corrected chi connectivity index (χ1v) is 7.38. The highest BCUT2D eigenvalue weighted by atomic mass is 16.5. The molecule has 0 bridgehead atoms. The molecule has 2 N–H and O–H groups in total. The molecule has 0 aliphatic heterocycles. The molecule has 1 aromatic carbocycles. The van der Waals surface area contributed by atoms with Gasteiger partial charge in [-0.05, 0) is 55.5 Å². The number of nitrogens with zero attached hydrogens (tertiary/aromatic N) is 1. The molecule has 0 aliphatic rings. The number of hydrogen-bond donors (Lipinski definition) is 1. The largest absolute Gasteiger partial charge is 0.438 e. The van der Waals surface area contributed by atoms with Crippen molar-refractivity contribution >= 4 is 0 Å². The lowest BCUT2D eigenvalue weighted by molar-refractivity contribution is 0.450. The van der Waals surface area contributed by atoms with Gasteiger partial charge >= 0.3 is 0 Å². The van der Waals surface area contributed by atoms with E-state index in [-0.39, 0.29) is 0 Å². The molecule has 0 fully saturated rings. The lowest BCUT2D eigenvalue weighted by atomic mass is 10.0. The van der Waals surface area contributed by atoms with E-state index in [1.807, 2.05) is 26.8 Å². The zero-order chi connectivity index (χ0) is 15.6. The molecule has 0 radical (unpaired) electrons. The summed E-state index contributed by atoms with van der Waals surface area (Å²) in [5.41, 5.74) is 11.2. The van der Waals surface area contributed by atoms with Crippen molar-refractivity contribution in [2.45, 2.75) is 47.1 Å². The lowest BCUT2D eigenvalue weighted by Crippen LogP contribution is -2.05. The Labute approximate surface area is 127 Å². The van der Waals surface area contributed by atoms with Gasteiger partial charge in [0.15, 0.2) is 0 Å². The topological polar surface area (TPSA) is 48.1 Å². The molecular weight excluding hydrogens is 260 g/mol. The van der Waals surface area contributed by atoms with Crippen LogP contribution in [0.4, 0.5) is 0 Å². The molecule has 1 heterocycles. The zero-order valence-electron chi connectivity index (χ0n) is 13.5. The standard InChI is InChI=1S/C18H24N2O/c1-11(2)15-7-6-12(3)17(9-15)21-18-16(10-19)13(4)8-14(5)20-18/h6-9,11H,10,19H2,1-5H3. The van der Waals surface area contributed by atoms with Crippen LogP contribution >= 0.6 is 0 Å². The first kappa shape index (κ1) is 15.5. The molecule has 3 heteroatoms. The Morgan fingerprint density at radius 2 is 1.81 bits per heavy atom. The first-order chi connectivity index (χ1) is 9.92. The van der Waals surface area contributed by atoms with Crippen LogP contribution in [-0.4, -0.2) is 4.98 Å². The van der Waals surface area contributed by atoms with Gasteiger partial charge in [-0.1, -0.05) is 26.0 Å². The Bertz CT molecular complexity index is 648. The monoisotopic (exact) mass is 284 g/mol. The van der Waals surface area contributed by atoms with Crippen molar-refractivity contribution in [3.63, 3.8) is 0 Å². The van der Waals surface area contributed by atoms with E-state index in [1.165, 1.54) is 5.56 Å². The minimum atomic E-state index is 0.428. The molecule has 0 aliphatic carbocycles. The van der Waals surface area contributed by atoms with Gasteiger partial charge in [0.25, 0.3) is 0 Å². The lowest BCUT2D eigenvalue weighted by Gasteiger charge is -2.15. The van der Waals surface area contributed by atoms with Crippen molar-refractivity contribution in [2.24, 2.45) is 5.73 Å². The number of rotatable bonds is 4. The van der Waals surface area contributed by atoms with Gasteiger partial charge in [-0.15, -0.1) is 0 Å². The Morgan fingerprint density at radius 1 is 1.10 bits per heavy atom. The molecule has 0 amide bonds. The predicted octanol–water partition coefficient (Wildman–Crippen LogP) is 4.38. The Kier molecular flexibility index (Phi) is 4.63. The summed E-state index contributed by atoms with van der Waals surface area (Å²) in [5, 5.41) is 0. The molecule has 2 rings (SSSR count). The summed E-state index contributed by atoms with van der Waals surface area (Å²) in [4.78, 5) is 4.51. The molecule has 0 saturated heterocycles. The summed E-state index contributed by atoms with van der Waals surface area (Å²) >= 11 is 0. The predicted molar refractivity (Wildman–Crippen MR) is 86.9 cm³/mol. The molecular formula is C18H24N2O. The number of pyridine rings is 1. The highest BCUT2D eigenvalue weighted by molar-refractivity contribution is 5.43. The molecule has 0 unspecified atom stereocenters. The van der Waals surface area contributed by atoms with Gasteiger partial charge in [0, 0.05) is 17.8 Å². The second kappa shape index (κ2) is 6.27. The normalized spacial score (nSPS) is 11.0. The quantitative estimate of drug-likeness (QED) is 0.906.